The fourth-order valence-corrected chi connectivity index (χ4v) is 1.88. The minimum Gasteiger partial charge on any atom is -0.475 e. The molecule has 1 saturated carbocycles. The van der Waals surface area contributed by atoms with Crippen LogP contribution in [0.2, 0.25) is 0 Å². The molecule has 0 amide bonds. The molecule has 0 heterocycles. The van der Waals surface area contributed by atoms with Crippen molar-refractivity contribution in [3.63, 3.8) is 0 Å². The largest absolute Gasteiger partial charge is 0.475 e. The number of ketones is 1. The number of rotatable bonds is 7. The maximum Gasteiger partial charge on any atom is 0.372 e. The smallest absolute Gasteiger partial charge is 0.372 e. The SMILES string of the molecule is CCCCCCC1CC1C(=O)C(=O)O. The van der Waals surface area contributed by atoms with Crippen LogP contribution in [0.1, 0.15) is 45.4 Å². The Morgan fingerprint density at radius 3 is 2.57 bits per heavy atom. The maximum atomic E-state index is 11.0. The van der Waals surface area contributed by atoms with Crippen LogP contribution in [-0.2, 0) is 9.59 Å². The Morgan fingerprint density at radius 1 is 1.29 bits per heavy atom. The van der Waals surface area contributed by atoms with E-state index in [1.165, 1.54) is 19.3 Å². The van der Waals surface area contributed by atoms with Crippen molar-refractivity contribution in [3.8, 4) is 0 Å². The van der Waals surface area contributed by atoms with Crippen molar-refractivity contribution in [1.29, 1.82) is 0 Å². The molecule has 0 spiro atoms. The molecule has 0 aromatic rings. The van der Waals surface area contributed by atoms with Crippen LogP contribution in [0.3, 0.4) is 0 Å². The number of hydrogen-bond acceptors (Lipinski definition) is 2. The molecule has 1 fully saturated rings. The van der Waals surface area contributed by atoms with Gasteiger partial charge in [-0.25, -0.2) is 4.79 Å². The summed E-state index contributed by atoms with van der Waals surface area (Å²) < 4.78 is 0. The zero-order valence-corrected chi connectivity index (χ0v) is 8.66. The Hall–Kier alpha value is -0.860. The van der Waals surface area contributed by atoms with Crippen molar-refractivity contribution in [3.05, 3.63) is 0 Å². The molecule has 1 rings (SSSR count). The van der Waals surface area contributed by atoms with E-state index in [1.54, 1.807) is 0 Å². The van der Waals surface area contributed by atoms with E-state index in [1.807, 2.05) is 0 Å². The molecule has 3 nitrogen and oxygen atoms in total. The van der Waals surface area contributed by atoms with Gasteiger partial charge in [-0.2, -0.15) is 0 Å². The maximum absolute atomic E-state index is 11.0. The number of hydrogen-bond donors (Lipinski definition) is 1. The first-order valence-electron chi connectivity index (χ1n) is 5.44. The standard InChI is InChI=1S/C11H18O3/c1-2-3-4-5-6-8-7-9(8)10(12)11(13)14/h8-9H,2-7H2,1H3,(H,13,14). The summed E-state index contributed by atoms with van der Waals surface area (Å²) in [5, 5.41) is 8.47. The summed E-state index contributed by atoms with van der Waals surface area (Å²) in [6, 6.07) is 0. The topological polar surface area (TPSA) is 54.4 Å². The van der Waals surface area contributed by atoms with Gasteiger partial charge in [-0.15, -0.1) is 0 Å². The highest BCUT2D eigenvalue weighted by Crippen LogP contribution is 2.43. The van der Waals surface area contributed by atoms with E-state index >= 15 is 0 Å². The molecule has 1 aliphatic rings. The van der Waals surface area contributed by atoms with Crippen LogP contribution in [0.5, 0.6) is 0 Å². The zero-order valence-electron chi connectivity index (χ0n) is 8.66. The summed E-state index contributed by atoms with van der Waals surface area (Å²) in [5.74, 6) is -1.62. The Kier molecular flexibility index (Phi) is 4.11. The third-order valence-electron chi connectivity index (χ3n) is 2.90. The molecule has 0 aromatic heterocycles. The monoisotopic (exact) mass is 198 g/mol. The highest BCUT2D eigenvalue weighted by Gasteiger charge is 2.44. The second-order valence-corrected chi connectivity index (χ2v) is 4.12. The molecule has 1 N–H and O–H groups in total. The third-order valence-corrected chi connectivity index (χ3v) is 2.90. The van der Waals surface area contributed by atoms with Crippen LogP contribution < -0.4 is 0 Å². The molecule has 2 unspecified atom stereocenters. The average molecular weight is 198 g/mol. The minimum absolute atomic E-state index is 0.158. The summed E-state index contributed by atoms with van der Waals surface area (Å²) in [5.41, 5.74) is 0. The fraction of sp³-hybridized carbons (Fsp3) is 0.818. The molecule has 0 aliphatic heterocycles. The van der Waals surface area contributed by atoms with Gasteiger partial charge < -0.3 is 5.11 Å². The van der Waals surface area contributed by atoms with E-state index in [0.717, 1.165) is 19.3 Å². The lowest BCUT2D eigenvalue weighted by molar-refractivity contribution is -0.149. The summed E-state index contributed by atoms with van der Waals surface area (Å²) in [7, 11) is 0. The molecule has 0 bridgehead atoms. The van der Waals surface area contributed by atoms with Crippen LogP contribution in [0.4, 0.5) is 0 Å². The van der Waals surface area contributed by atoms with Gasteiger partial charge in [0.25, 0.3) is 0 Å². The first-order valence-corrected chi connectivity index (χ1v) is 5.44. The van der Waals surface area contributed by atoms with E-state index in [9.17, 15) is 9.59 Å². The second-order valence-electron chi connectivity index (χ2n) is 4.12. The van der Waals surface area contributed by atoms with Gasteiger partial charge >= 0.3 is 5.97 Å². The van der Waals surface area contributed by atoms with Crippen molar-refractivity contribution < 1.29 is 14.7 Å². The number of carboxylic acids is 1. The van der Waals surface area contributed by atoms with Crippen molar-refractivity contribution in [2.45, 2.75) is 45.4 Å². The molecular formula is C11H18O3. The molecule has 0 saturated heterocycles. The molecule has 0 aromatic carbocycles. The minimum atomic E-state index is -1.26. The normalized spacial score (nSPS) is 24.6. The van der Waals surface area contributed by atoms with Gasteiger partial charge in [0.05, 0.1) is 0 Å². The Balaban J connectivity index is 2.08. The summed E-state index contributed by atoms with van der Waals surface area (Å²) in [4.78, 5) is 21.4. The fourth-order valence-electron chi connectivity index (χ4n) is 1.88. The summed E-state index contributed by atoms with van der Waals surface area (Å²) in [6.07, 6.45) is 6.64. The van der Waals surface area contributed by atoms with E-state index in [0.29, 0.717) is 5.92 Å². The van der Waals surface area contributed by atoms with Gasteiger partial charge in [0.15, 0.2) is 0 Å². The lowest BCUT2D eigenvalue weighted by atomic mass is 10.1. The van der Waals surface area contributed by atoms with Crippen molar-refractivity contribution >= 4 is 11.8 Å². The number of carboxylic acid groups (broad SMARTS) is 1. The van der Waals surface area contributed by atoms with E-state index in [2.05, 4.69) is 6.92 Å². The van der Waals surface area contributed by atoms with Crippen LogP contribution in [0.15, 0.2) is 0 Å². The number of unbranched alkanes of at least 4 members (excludes halogenated alkanes) is 3. The quantitative estimate of drug-likeness (QED) is 0.504. The number of carbonyl (C=O) groups excluding carboxylic acids is 1. The average Bonchev–Trinajstić information content (AvgIpc) is 2.90. The predicted octanol–water partition coefficient (Wildman–Crippen LogP) is 2.25. The number of carbonyl (C=O) groups is 2. The second kappa shape index (κ2) is 5.13. The molecular weight excluding hydrogens is 180 g/mol. The molecule has 2 atom stereocenters. The molecule has 1 aliphatic carbocycles. The first kappa shape index (κ1) is 11.2. The van der Waals surface area contributed by atoms with Crippen LogP contribution in [0.25, 0.3) is 0 Å². The van der Waals surface area contributed by atoms with Crippen molar-refractivity contribution in [2.24, 2.45) is 11.8 Å². The summed E-state index contributed by atoms with van der Waals surface area (Å²) >= 11 is 0. The van der Waals surface area contributed by atoms with Crippen LogP contribution >= 0.6 is 0 Å². The van der Waals surface area contributed by atoms with Crippen molar-refractivity contribution in [1.82, 2.24) is 0 Å². The molecule has 14 heavy (non-hydrogen) atoms. The summed E-state index contributed by atoms with van der Waals surface area (Å²) in [6.45, 7) is 2.16. The van der Waals surface area contributed by atoms with Crippen molar-refractivity contribution in [2.75, 3.05) is 0 Å². The van der Waals surface area contributed by atoms with Gasteiger partial charge in [0.1, 0.15) is 0 Å². The van der Waals surface area contributed by atoms with E-state index in [-0.39, 0.29) is 5.92 Å². The van der Waals surface area contributed by atoms with Crippen LogP contribution in [-0.4, -0.2) is 16.9 Å². The van der Waals surface area contributed by atoms with E-state index < -0.39 is 11.8 Å². The van der Waals surface area contributed by atoms with E-state index in [4.69, 9.17) is 5.11 Å². The van der Waals surface area contributed by atoms with Gasteiger partial charge in [0, 0.05) is 5.92 Å². The highest BCUT2D eigenvalue weighted by atomic mass is 16.4. The lowest BCUT2D eigenvalue weighted by Crippen LogP contribution is -2.15. The molecule has 3 heteroatoms. The van der Waals surface area contributed by atoms with Gasteiger partial charge in [-0.1, -0.05) is 32.6 Å². The van der Waals surface area contributed by atoms with Gasteiger partial charge in [-0.3, -0.25) is 4.79 Å². The molecule has 80 valence electrons. The van der Waals surface area contributed by atoms with Gasteiger partial charge in [-0.05, 0) is 18.8 Å². The van der Waals surface area contributed by atoms with Gasteiger partial charge in [0.2, 0.25) is 5.78 Å². The predicted molar refractivity (Wildman–Crippen MR) is 53.0 cm³/mol. The van der Waals surface area contributed by atoms with Crippen LogP contribution in [0, 0.1) is 11.8 Å². The number of aliphatic carboxylic acids is 1. The Labute approximate surface area is 84.5 Å². The Morgan fingerprint density at radius 2 is 2.00 bits per heavy atom. The zero-order chi connectivity index (χ0) is 10.6. The Bertz CT molecular complexity index is 223. The highest BCUT2D eigenvalue weighted by molar-refractivity contribution is 6.34. The first-order chi connectivity index (χ1) is 6.66. The molecule has 0 radical (unpaired) electrons. The lowest BCUT2D eigenvalue weighted by Gasteiger charge is -1.97. The third kappa shape index (κ3) is 3.13. The number of Topliss-reactive ketones (excluding diaryl/α,β-unsaturated/α-hetero) is 1.